The van der Waals surface area contributed by atoms with E-state index in [0.29, 0.717) is 5.88 Å². The minimum absolute atomic E-state index is 0.118. The lowest BCUT2D eigenvalue weighted by atomic mass is 10.1. The lowest BCUT2D eigenvalue weighted by molar-refractivity contribution is 0.0700. The van der Waals surface area contributed by atoms with Gasteiger partial charge in [0.25, 0.3) is 5.91 Å². The number of hydrogen-bond donors (Lipinski definition) is 0. The van der Waals surface area contributed by atoms with Crippen LogP contribution in [0.4, 0.5) is 0 Å². The summed E-state index contributed by atoms with van der Waals surface area (Å²) in [5.41, 5.74) is 1.92. The predicted octanol–water partition coefficient (Wildman–Crippen LogP) is 3.25. The Morgan fingerprint density at radius 3 is 3.10 bits per heavy atom. The van der Waals surface area contributed by atoms with Crippen molar-refractivity contribution in [3.63, 3.8) is 0 Å². The summed E-state index contributed by atoms with van der Waals surface area (Å²) in [7, 11) is 0. The first-order chi connectivity index (χ1) is 9.79. The zero-order valence-corrected chi connectivity index (χ0v) is 12.4. The van der Waals surface area contributed by atoms with Gasteiger partial charge in [-0.05, 0) is 36.6 Å². The Hall–Kier alpha value is -1.22. The lowest BCUT2D eigenvalue weighted by Crippen LogP contribution is -2.41. The summed E-state index contributed by atoms with van der Waals surface area (Å²) in [4.78, 5) is 14.7. The van der Waals surface area contributed by atoms with E-state index in [1.165, 1.54) is 12.8 Å². The Bertz CT molecular complexity index is 503. The van der Waals surface area contributed by atoms with Crippen LogP contribution in [0, 0.1) is 0 Å². The molecule has 1 saturated heterocycles. The topological polar surface area (TPSA) is 29.5 Å². The number of amides is 1. The molecular formula is C16H20ClNO2. The molecule has 1 atom stereocenters. The maximum Gasteiger partial charge on any atom is 0.254 e. The molecule has 1 aromatic rings. The molecule has 4 heteroatoms. The molecule has 0 spiro atoms. The monoisotopic (exact) mass is 293 g/mol. The maximum atomic E-state index is 12.7. The van der Waals surface area contributed by atoms with Crippen molar-refractivity contribution >= 4 is 17.5 Å². The number of carbonyl (C=O) groups excluding carboxylic acids is 1. The lowest BCUT2D eigenvalue weighted by Gasteiger charge is -2.28. The van der Waals surface area contributed by atoms with Gasteiger partial charge in [0.05, 0.1) is 6.61 Å². The summed E-state index contributed by atoms with van der Waals surface area (Å²) in [6, 6.07) is 5.96. The van der Waals surface area contributed by atoms with Gasteiger partial charge < -0.3 is 9.64 Å². The van der Waals surface area contributed by atoms with Crippen LogP contribution >= 0.6 is 11.6 Å². The van der Waals surface area contributed by atoms with Crippen LogP contribution in [0.2, 0.25) is 0 Å². The third kappa shape index (κ3) is 2.64. The smallest absolute Gasteiger partial charge is 0.254 e. The van der Waals surface area contributed by atoms with Crippen molar-refractivity contribution in [2.45, 2.75) is 38.1 Å². The molecule has 0 aromatic heterocycles. The van der Waals surface area contributed by atoms with Gasteiger partial charge in [-0.25, -0.2) is 0 Å². The Balaban J connectivity index is 1.83. The quantitative estimate of drug-likeness (QED) is 0.784. The van der Waals surface area contributed by atoms with Gasteiger partial charge in [0.15, 0.2) is 0 Å². The fraction of sp³-hybridized carbons (Fsp3) is 0.562. The van der Waals surface area contributed by atoms with Crippen LogP contribution < -0.4 is 4.74 Å². The highest BCUT2D eigenvalue weighted by Crippen LogP contribution is 2.27. The Morgan fingerprint density at radius 1 is 1.35 bits per heavy atom. The summed E-state index contributed by atoms with van der Waals surface area (Å²) >= 11 is 6.06. The van der Waals surface area contributed by atoms with Crippen LogP contribution in [-0.2, 0) is 6.42 Å². The van der Waals surface area contributed by atoms with Crippen LogP contribution in [0.25, 0.3) is 0 Å². The van der Waals surface area contributed by atoms with E-state index >= 15 is 0 Å². The van der Waals surface area contributed by atoms with Crippen molar-refractivity contribution in [1.82, 2.24) is 4.90 Å². The van der Waals surface area contributed by atoms with Crippen LogP contribution in [0.5, 0.6) is 5.75 Å². The fourth-order valence-electron chi connectivity index (χ4n) is 3.09. The van der Waals surface area contributed by atoms with E-state index in [1.54, 1.807) is 0 Å². The van der Waals surface area contributed by atoms with Crippen LogP contribution in [0.1, 0.15) is 41.6 Å². The molecule has 1 amide bonds. The first kappa shape index (κ1) is 13.7. The summed E-state index contributed by atoms with van der Waals surface area (Å²) in [5, 5.41) is 0. The van der Waals surface area contributed by atoms with Crippen LogP contribution in [-0.4, -0.2) is 35.9 Å². The molecule has 3 nitrogen and oxygen atoms in total. The van der Waals surface area contributed by atoms with Crippen LogP contribution in [0.3, 0.4) is 0 Å². The fourth-order valence-corrected chi connectivity index (χ4v) is 3.41. The van der Waals surface area contributed by atoms with Gasteiger partial charge in [-0.3, -0.25) is 4.79 Å². The van der Waals surface area contributed by atoms with Gasteiger partial charge in [0.2, 0.25) is 0 Å². The van der Waals surface area contributed by atoms with Gasteiger partial charge in [0.1, 0.15) is 5.75 Å². The minimum atomic E-state index is 0.118. The maximum absolute atomic E-state index is 12.7. The summed E-state index contributed by atoms with van der Waals surface area (Å²) in [6.45, 7) is 1.55. The molecule has 1 aromatic carbocycles. The van der Waals surface area contributed by atoms with Crippen molar-refractivity contribution in [3.8, 4) is 5.75 Å². The second-order valence-electron chi connectivity index (χ2n) is 5.58. The van der Waals surface area contributed by atoms with E-state index in [1.807, 2.05) is 23.1 Å². The largest absolute Gasteiger partial charge is 0.493 e. The molecular weight excluding hydrogens is 274 g/mol. The number of nitrogens with zero attached hydrogens (tertiary/aromatic N) is 1. The highest BCUT2D eigenvalue weighted by Gasteiger charge is 2.26. The molecule has 0 radical (unpaired) electrons. The number of rotatable bonds is 2. The number of carbonyl (C=O) groups is 1. The van der Waals surface area contributed by atoms with Crippen molar-refractivity contribution in [2.75, 3.05) is 19.0 Å². The number of hydrogen-bond acceptors (Lipinski definition) is 2. The van der Waals surface area contributed by atoms with Crippen molar-refractivity contribution in [3.05, 3.63) is 29.3 Å². The number of benzene rings is 1. The molecule has 1 unspecified atom stereocenters. The highest BCUT2D eigenvalue weighted by atomic mass is 35.5. The highest BCUT2D eigenvalue weighted by molar-refractivity contribution is 6.18. The van der Waals surface area contributed by atoms with E-state index in [0.717, 1.165) is 49.3 Å². The molecule has 2 aliphatic heterocycles. The first-order valence-corrected chi connectivity index (χ1v) is 7.95. The SMILES string of the molecule is O=C(c1ccc2c(c1)CCO2)N1CCCCCC1CCl. The predicted molar refractivity (Wildman–Crippen MR) is 79.7 cm³/mol. The summed E-state index contributed by atoms with van der Waals surface area (Å²) in [5.74, 6) is 1.57. The summed E-state index contributed by atoms with van der Waals surface area (Å²) in [6.07, 6.45) is 5.35. The first-order valence-electron chi connectivity index (χ1n) is 7.42. The number of ether oxygens (including phenoxy) is 1. The molecule has 20 heavy (non-hydrogen) atoms. The van der Waals surface area contributed by atoms with Gasteiger partial charge >= 0.3 is 0 Å². The van der Waals surface area contributed by atoms with E-state index in [-0.39, 0.29) is 11.9 Å². The average molecular weight is 294 g/mol. The third-order valence-electron chi connectivity index (χ3n) is 4.25. The molecule has 2 heterocycles. The van der Waals surface area contributed by atoms with E-state index in [4.69, 9.17) is 16.3 Å². The standard InChI is InChI=1S/C16H20ClNO2/c17-11-14-4-2-1-3-8-18(14)16(19)13-5-6-15-12(10-13)7-9-20-15/h5-6,10,14H,1-4,7-9,11H2. The van der Waals surface area contributed by atoms with Gasteiger partial charge in [0, 0.05) is 30.5 Å². The molecule has 0 aliphatic carbocycles. The number of fused-ring (bicyclic) bond motifs is 1. The van der Waals surface area contributed by atoms with Crippen molar-refractivity contribution in [2.24, 2.45) is 0 Å². The molecule has 108 valence electrons. The molecule has 0 saturated carbocycles. The van der Waals surface area contributed by atoms with Crippen molar-refractivity contribution < 1.29 is 9.53 Å². The van der Waals surface area contributed by atoms with E-state index in [2.05, 4.69) is 0 Å². The third-order valence-corrected chi connectivity index (χ3v) is 4.61. The zero-order chi connectivity index (χ0) is 13.9. The van der Waals surface area contributed by atoms with Gasteiger partial charge in [-0.15, -0.1) is 11.6 Å². The van der Waals surface area contributed by atoms with Crippen LogP contribution in [0.15, 0.2) is 18.2 Å². The normalized spacial score (nSPS) is 22.1. The molecule has 0 N–H and O–H groups in total. The molecule has 3 rings (SSSR count). The minimum Gasteiger partial charge on any atom is -0.493 e. The number of alkyl halides is 1. The number of likely N-dealkylation sites (tertiary alicyclic amines) is 1. The van der Waals surface area contributed by atoms with Gasteiger partial charge in [-0.1, -0.05) is 12.8 Å². The van der Waals surface area contributed by atoms with Crippen molar-refractivity contribution in [1.29, 1.82) is 0 Å². The Morgan fingerprint density at radius 2 is 2.25 bits per heavy atom. The van der Waals surface area contributed by atoms with E-state index < -0.39 is 0 Å². The Kier molecular flexibility index (Phi) is 4.16. The Labute approximate surface area is 124 Å². The molecule has 1 fully saturated rings. The summed E-state index contributed by atoms with van der Waals surface area (Å²) < 4.78 is 5.49. The van der Waals surface area contributed by atoms with E-state index in [9.17, 15) is 4.79 Å². The molecule has 0 bridgehead atoms. The average Bonchev–Trinajstić information content (AvgIpc) is 2.81. The second kappa shape index (κ2) is 6.04. The van der Waals surface area contributed by atoms with Gasteiger partial charge in [-0.2, -0.15) is 0 Å². The number of halogens is 1. The zero-order valence-electron chi connectivity index (χ0n) is 11.6. The second-order valence-corrected chi connectivity index (χ2v) is 5.89. The molecule has 2 aliphatic rings.